The van der Waals surface area contributed by atoms with Crippen LogP contribution in [0.5, 0.6) is 0 Å². The van der Waals surface area contributed by atoms with E-state index in [9.17, 15) is 0 Å². The van der Waals surface area contributed by atoms with Crippen molar-refractivity contribution in [2.24, 2.45) is 0 Å². The monoisotopic (exact) mass is 374 g/mol. The molecule has 1 aliphatic heterocycles. The van der Waals surface area contributed by atoms with Crippen molar-refractivity contribution in [2.45, 2.75) is 24.2 Å². The lowest BCUT2D eigenvalue weighted by atomic mass is 10.0. The second-order valence-corrected chi connectivity index (χ2v) is 6.48. The summed E-state index contributed by atoms with van der Waals surface area (Å²) in [4.78, 5) is 4.84. The number of rotatable bonds is 3. The summed E-state index contributed by atoms with van der Waals surface area (Å²) in [5, 5.41) is 0.907. The zero-order valence-electron chi connectivity index (χ0n) is 11.0. The van der Waals surface area contributed by atoms with Gasteiger partial charge in [0, 0.05) is 22.9 Å². The van der Waals surface area contributed by atoms with Crippen LogP contribution in [-0.2, 0) is 5.33 Å². The van der Waals surface area contributed by atoms with E-state index in [0.29, 0.717) is 6.04 Å². The van der Waals surface area contributed by atoms with E-state index >= 15 is 0 Å². The SMILES string of the molecule is CN1CCC(N(C)c2ccc(CBr)cc2Br)CC1. The van der Waals surface area contributed by atoms with Gasteiger partial charge in [0.2, 0.25) is 0 Å². The van der Waals surface area contributed by atoms with Gasteiger partial charge in [-0.2, -0.15) is 0 Å². The second-order valence-electron chi connectivity index (χ2n) is 5.06. The van der Waals surface area contributed by atoms with E-state index in [4.69, 9.17) is 0 Å². The van der Waals surface area contributed by atoms with Gasteiger partial charge in [-0.25, -0.2) is 0 Å². The second kappa shape index (κ2) is 6.40. The molecule has 1 heterocycles. The van der Waals surface area contributed by atoms with Gasteiger partial charge >= 0.3 is 0 Å². The fourth-order valence-electron chi connectivity index (χ4n) is 2.50. The van der Waals surface area contributed by atoms with Gasteiger partial charge in [-0.1, -0.05) is 22.0 Å². The Morgan fingerprint density at radius 1 is 1.33 bits per heavy atom. The van der Waals surface area contributed by atoms with Crippen LogP contribution in [0.25, 0.3) is 0 Å². The van der Waals surface area contributed by atoms with E-state index in [-0.39, 0.29) is 0 Å². The summed E-state index contributed by atoms with van der Waals surface area (Å²) in [6, 6.07) is 7.28. The Bertz CT molecular complexity index is 401. The fraction of sp³-hybridized carbons (Fsp3) is 0.571. The molecule has 0 aromatic heterocycles. The number of hydrogen-bond acceptors (Lipinski definition) is 2. The highest BCUT2D eigenvalue weighted by atomic mass is 79.9. The normalized spacial score (nSPS) is 18.0. The zero-order valence-corrected chi connectivity index (χ0v) is 14.2. The van der Waals surface area contributed by atoms with Crippen LogP contribution in [0, 0.1) is 0 Å². The van der Waals surface area contributed by atoms with Gasteiger partial charge in [0.25, 0.3) is 0 Å². The molecule has 4 heteroatoms. The van der Waals surface area contributed by atoms with Crippen LogP contribution in [-0.4, -0.2) is 38.1 Å². The molecule has 0 aliphatic carbocycles. The minimum absolute atomic E-state index is 0.660. The number of halogens is 2. The molecule has 18 heavy (non-hydrogen) atoms. The Morgan fingerprint density at radius 2 is 2.00 bits per heavy atom. The maximum Gasteiger partial charge on any atom is 0.0510 e. The largest absolute Gasteiger partial charge is 0.371 e. The number of nitrogens with zero attached hydrogens (tertiary/aromatic N) is 2. The smallest absolute Gasteiger partial charge is 0.0510 e. The predicted octanol–water partition coefficient (Wildman–Crippen LogP) is 3.87. The van der Waals surface area contributed by atoms with E-state index in [1.54, 1.807) is 0 Å². The van der Waals surface area contributed by atoms with E-state index < -0.39 is 0 Å². The summed E-state index contributed by atoms with van der Waals surface area (Å²) in [5.41, 5.74) is 2.61. The number of benzene rings is 1. The molecule has 0 radical (unpaired) electrons. The Labute approximate surface area is 127 Å². The first kappa shape index (κ1) is 14.4. The molecule has 2 rings (SSSR count). The highest BCUT2D eigenvalue weighted by Gasteiger charge is 2.21. The standard InChI is InChI=1S/C14H20Br2N2/c1-17-7-5-12(6-8-17)18(2)14-4-3-11(10-15)9-13(14)16/h3-4,9,12H,5-8,10H2,1-2H3. The quantitative estimate of drug-likeness (QED) is 0.739. The number of likely N-dealkylation sites (tertiary alicyclic amines) is 1. The average molecular weight is 376 g/mol. The molecule has 1 saturated heterocycles. The molecular weight excluding hydrogens is 356 g/mol. The zero-order chi connectivity index (χ0) is 13.1. The molecule has 0 N–H and O–H groups in total. The van der Waals surface area contributed by atoms with E-state index in [1.165, 1.54) is 41.7 Å². The van der Waals surface area contributed by atoms with Crippen molar-refractivity contribution in [2.75, 3.05) is 32.1 Å². The molecule has 0 saturated carbocycles. The van der Waals surface area contributed by atoms with Crippen molar-refractivity contribution < 1.29 is 0 Å². The molecule has 0 amide bonds. The maximum atomic E-state index is 3.69. The van der Waals surface area contributed by atoms with Crippen LogP contribution in [0.4, 0.5) is 5.69 Å². The van der Waals surface area contributed by atoms with Crippen molar-refractivity contribution in [1.82, 2.24) is 4.90 Å². The van der Waals surface area contributed by atoms with Crippen molar-refractivity contribution in [3.05, 3.63) is 28.2 Å². The van der Waals surface area contributed by atoms with Gasteiger partial charge in [-0.05, 0) is 66.6 Å². The van der Waals surface area contributed by atoms with Crippen LogP contribution >= 0.6 is 31.9 Å². The summed E-state index contributed by atoms with van der Waals surface area (Å²) in [7, 11) is 4.42. The van der Waals surface area contributed by atoms with Gasteiger partial charge in [-0.3, -0.25) is 0 Å². The maximum absolute atomic E-state index is 3.69. The summed E-state index contributed by atoms with van der Waals surface area (Å²) in [6.07, 6.45) is 2.50. The topological polar surface area (TPSA) is 6.48 Å². The number of alkyl halides is 1. The summed E-state index contributed by atoms with van der Waals surface area (Å²) in [5.74, 6) is 0. The lowest BCUT2D eigenvalue weighted by molar-refractivity contribution is 0.253. The number of hydrogen-bond donors (Lipinski definition) is 0. The van der Waals surface area contributed by atoms with E-state index in [1.807, 2.05) is 0 Å². The highest BCUT2D eigenvalue weighted by Crippen LogP contribution is 2.30. The van der Waals surface area contributed by atoms with E-state index in [0.717, 1.165) is 5.33 Å². The molecule has 0 bridgehead atoms. The van der Waals surface area contributed by atoms with Crippen molar-refractivity contribution >= 4 is 37.5 Å². The Hall–Kier alpha value is -0.0600. The molecule has 1 aliphatic rings. The van der Waals surface area contributed by atoms with Crippen molar-refractivity contribution in [1.29, 1.82) is 0 Å². The predicted molar refractivity (Wildman–Crippen MR) is 85.7 cm³/mol. The van der Waals surface area contributed by atoms with Gasteiger partial charge in [0.05, 0.1) is 5.69 Å². The van der Waals surface area contributed by atoms with Gasteiger partial charge in [0.15, 0.2) is 0 Å². The van der Waals surface area contributed by atoms with Crippen LogP contribution < -0.4 is 4.90 Å². The first-order chi connectivity index (χ1) is 8.61. The molecule has 1 aromatic rings. The first-order valence-electron chi connectivity index (χ1n) is 6.37. The van der Waals surface area contributed by atoms with E-state index in [2.05, 4.69) is 74.0 Å². The molecule has 2 nitrogen and oxygen atoms in total. The minimum Gasteiger partial charge on any atom is -0.371 e. The lowest BCUT2D eigenvalue weighted by Crippen LogP contribution is -2.42. The van der Waals surface area contributed by atoms with Crippen LogP contribution in [0.15, 0.2) is 22.7 Å². The third-order valence-electron chi connectivity index (χ3n) is 3.78. The Kier molecular flexibility index (Phi) is 5.10. The van der Waals surface area contributed by atoms with Gasteiger partial charge in [0.1, 0.15) is 0 Å². The Balaban J connectivity index is 2.11. The van der Waals surface area contributed by atoms with Crippen molar-refractivity contribution in [3.8, 4) is 0 Å². The molecule has 0 spiro atoms. The minimum atomic E-state index is 0.660. The molecule has 1 fully saturated rings. The fourth-order valence-corrected chi connectivity index (χ4v) is 3.55. The number of anilines is 1. The first-order valence-corrected chi connectivity index (χ1v) is 8.29. The lowest BCUT2D eigenvalue weighted by Gasteiger charge is -2.36. The highest BCUT2D eigenvalue weighted by molar-refractivity contribution is 9.10. The van der Waals surface area contributed by atoms with Crippen molar-refractivity contribution in [3.63, 3.8) is 0 Å². The molecule has 0 unspecified atom stereocenters. The average Bonchev–Trinajstić information content (AvgIpc) is 2.38. The van der Waals surface area contributed by atoms with Gasteiger partial charge in [-0.15, -0.1) is 0 Å². The molecule has 0 atom stereocenters. The summed E-state index contributed by atoms with van der Waals surface area (Å²) >= 11 is 7.19. The molecule has 100 valence electrons. The van der Waals surface area contributed by atoms with Crippen LogP contribution in [0.1, 0.15) is 18.4 Å². The van der Waals surface area contributed by atoms with Crippen LogP contribution in [0.2, 0.25) is 0 Å². The number of piperidine rings is 1. The molecule has 1 aromatic carbocycles. The third-order valence-corrected chi connectivity index (χ3v) is 5.06. The van der Waals surface area contributed by atoms with Gasteiger partial charge < -0.3 is 9.80 Å². The summed E-state index contributed by atoms with van der Waals surface area (Å²) in [6.45, 7) is 2.40. The third kappa shape index (κ3) is 3.28. The summed E-state index contributed by atoms with van der Waals surface area (Å²) < 4.78 is 1.20. The van der Waals surface area contributed by atoms with Crippen LogP contribution in [0.3, 0.4) is 0 Å². The Morgan fingerprint density at radius 3 is 2.56 bits per heavy atom. The molecular formula is C14H20Br2N2.